The van der Waals surface area contributed by atoms with E-state index in [1.807, 2.05) is 24.3 Å². The maximum Gasteiger partial charge on any atom is 0.399 e. The van der Waals surface area contributed by atoms with Gasteiger partial charge in [0.15, 0.2) is 0 Å². The fourth-order valence-corrected chi connectivity index (χ4v) is 7.94. The molecule has 3 heterocycles. The van der Waals surface area contributed by atoms with Crippen molar-refractivity contribution < 1.29 is 51.0 Å². The number of benzene rings is 3. The molecule has 3 aromatic carbocycles. The highest BCUT2D eigenvalue weighted by atomic mass is 32.1. The predicted octanol–water partition coefficient (Wildman–Crippen LogP) is 6.10. The van der Waals surface area contributed by atoms with Crippen molar-refractivity contribution in [1.82, 2.24) is 15.1 Å². The number of hydrogen-bond acceptors (Lipinski definition) is 6. The van der Waals surface area contributed by atoms with Gasteiger partial charge in [0, 0.05) is 41.4 Å². The number of morpholine rings is 1. The molecule has 3 N–H and O–H groups in total. The SMILES string of the molecule is CC(C)(C)C(NC(=O)c1cc2cc(C(F)(F)P(=O)(O)O)ccc2s1)C(=O)N1Cc2ccccc2C[C@H]1C(=O)N1CCOC(c2ccc(F)cc2F)C1. The van der Waals surface area contributed by atoms with E-state index < -0.39 is 71.8 Å². The van der Waals surface area contributed by atoms with Crippen LogP contribution in [0.1, 0.15) is 58.8 Å². The van der Waals surface area contributed by atoms with Crippen molar-refractivity contribution in [2.24, 2.45) is 5.41 Å². The van der Waals surface area contributed by atoms with Crippen LogP contribution in [0.25, 0.3) is 10.1 Å². The Morgan fingerprint density at radius 1 is 1.00 bits per heavy atom. The number of nitrogens with zero attached hydrogens (tertiary/aromatic N) is 2. The number of rotatable bonds is 7. The van der Waals surface area contributed by atoms with Gasteiger partial charge in [0.25, 0.3) is 5.91 Å². The third kappa shape index (κ3) is 7.38. The second-order valence-electron chi connectivity index (χ2n) is 14.0. The molecular weight excluding hydrogens is 725 g/mol. The van der Waals surface area contributed by atoms with Crippen LogP contribution in [0.4, 0.5) is 17.6 Å². The van der Waals surface area contributed by atoms with Crippen LogP contribution in [0, 0.1) is 17.0 Å². The van der Waals surface area contributed by atoms with Crippen LogP contribution >= 0.6 is 18.9 Å². The van der Waals surface area contributed by atoms with Crippen LogP contribution in [0.3, 0.4) is 0 Å². The van der Waals surface area contributed by atoms with Gasteiger partial charge in [-0.15, -0.1) is 11.3 Å². The Morgan fingerprint density at radius 3 is 2.38 bits per heavy atom. The van der Waals surface area contributed by atoms with E-state index in [0.717, 1.165) is 46.7 Å². The van der Waals surface area contributed by atoms with E-state index in [1.165, 1.54) is 28.0 Å². The monoisotopic (exact) mass is 761 g/mol. The van der Waals surface area contributed by atoms with Crippen LogP contribution in [-0.2, 0) is 37.5 Å². The molecule has 0 bridgehead atoms. The molecule has 0 saturated carbocycles. The van der Waals surface area contributed by atoms with Crippen LogP contribution < -0.4 is 5.32 Å². The third-order valence-electron chi connectivity index (χ3n) is 9.35. The lowest BCUT2D eigenvalue weighted by atomic mass is 9.84. The first-order valence-electron chi connectivity index (χ1n) is 16.4. The standard InChI is InChI=1S/C36H36F4N3O7PS/c1-35(2,3)31(41-32(44)30-16-22-14-23(8-11-29(22)52-30)36(39,40)51(47,48)49)34(46)43-18-21-7-5-4-6-20(21)15-27(43)33(45)42-12-13-50-28(19-42)25-10-9-24(37)17-26(25)38/h4-11,14,16-17,27-28,31H,12-13,15,18-19H2,1-3H3,(H,41,44)(H2,47,48,49)/t27-,28?,31?/m0/s1. The van der Waals surface area contributed by atoms with E-state index in [9.17, 15) is 36.5 Å². The van der Waals surface area contributed by atoms with Gasteiger partial charge in [-0.3, -0.25) is 18.9 Å². The minimum absolute atomic E-state index is 0.0330. The fourth-order valence-electron chi connectivity index (χ4n) is 6.51. The van der Waals surface area contributed by atoms with E-state index in [1.54, 1.807) is 20.8 Å². The van der Waals surface area contributed by atoms with E-state index in [0.29, 0.717) is 4.70 Å². The first-order chi connectivity index (χ1) is 24.3. The molecule has 2 unspecified atom stereocenters. The molecule has 1 saturated heterocycles. The van der Waals surface area contributed by atoms with Gasteiger partial charge in [-0.1, -0.05) is 57.2 Å². The number of amides is 3. The molecule has 10 nitrogen and oxygen atoms in total. The van der Waals surface area contributed by atoms with Gasteiger partial charge in [0.05, 0.1) is 18.0 Å². The summed E-state index contributed by atoms with van der Waals surface area (Å²) in [5, 5.41) is 2.95. The van der Waals surface area contributed by atoms with E-state index in [2.05, 4.69) is 5.32 Å². The zero-order chi connectivity index (χ0) is 37.7. The average molecular weight is 762 g/mol. The van der Waals surface area contributed by atoms with Crippen molar-refractivity contribution in [3.05, 3.63) is 105 Å². The molecule has 1 aromatic heterocycles. The first-order valence-corrected chi connectivity index (χ1v) is 18.8. The zero-order valence-electron chi connectivity index (χ0n) is 28.3. The van der Waals surface area contributed by atoms with Crippen LogP contribution in [0.2, 0.25) is 0 Å². The Labute approximate surface area is 300 Å². The van der Waals surface area contributed by atoms with E-state index in [-0.39, 0.29) is 48.5 Å². The van der Waals surface area contributed by atoms with Crippen molar-refractivity contribution >= 4 is 46.7 Å². The van der Waals surface area contributed by atoms with Crippen molar-refractivity contribution in [3.63, 3.8) is 0 Å². The highest BCUT2D eigenvalue weighted by Crippen LogP contribution is 2.59. The molecule has 0 radical (unpaired) electrons. The molecule has 2 aliphatic heterocycles. The Morgan fingerprint density at radius 2 is 1.71 bits per heavy atom. The normalized spacial score (nSPS) is 18.9. The average Bonchev–Trinajstić information content (AvgIpc) is 3.52. The summed E-state index contributed by atoms with van der Waals surface area (Å²) in [7, 11) is -5.82. The predicted molar refractivity (Wildman–Crippen MR) is 185 cm³/mol. The van der Waals surface area contributed by atoms with Crippen molar-refractivity contribution in [3.8, 4) is 0 Å². The molecular formula is C36H36F4N3O7PS. The van der Waals surface area contributed by atoms with Gasteiger partial charge in [0.2, 0.25) is 11.8 Å². The first kappa shape index (κ1) is 37.6. The van der Waals surface area contributed by atoms with Gasteiger partial charge in [-0.2, -0.15) is 8.78 Å². The second kappa shape index (κ2) is 14.0. The number of carbonyl (C=O) groups excluding carboxylic acids is 3. The molecule has 1 fully saturated rings. The number of alkyl halides is 2. The lowest BCUT2D eigenvalue weighted by molar-refractivity contribution is -0.154. The zero-order valence-corrected chi connectivity index (χ0v) is 30.0. The summed E-state index contributed by atoms with van der Waals surface area (Å²) in [5.41, 5.74) is -4.43. The largest absolute Gasteiger partial charge is 0.399 e. The highest BCUT2D eigenvalue weighted by molar-refractivity contribution is 7.52. The summed E-state index contributed by atoms with van der Waals surface area (Å²) in [6.45, 7) is 5.52. The smallest absolute Gasteiger partial charge is 0.370 e. The Bertz CT molecular complexity index is 2100. The number of nitrogens with one attached hydrogen (secondary N) is 1. The Kier molecular flexibility index (Phi) is 10.1. The molecule has 276 valence electrons. The number of fused-ring (bicyclic) bond motifs is 2. The van der Waals surface area contributed by atoms with Gasteiger partial charge in [-0.25, -0.2) is 8.78 Å². The van der Waals surface area contributed by atoms with Gasteiger partial charge >= 0.3 is 13.3 Å². The fraction of sp³-hybridized carbons (Fsp3) is 0.361. The Balaban J connectivity index is 1.27. The summed E-state index contributed by atoms with van der Waals surface area (Å²) in [6.07, 6.45) is -0.684. The van der Waals surface area contributed by atoms with Crippen molar-refractivity contribution in [1.29, 1.82) is 0 Å². The third-order valence-corrected chi connectivity index (χ3v) is 11.5. The summed E-state index contributed by atoms with van der Waals surface area (Å²) >= 11 is 0.951. The summed E-state index contributed by atoms with van der Waals surface area (Å²) in [5.74, 6) is -3.16. The topological polar surface area (TPSA) is 136 Å². The van der Waals surface area contributed by atoms with Gasteiger partial charge in [-0.05, 0) is 46.2 Å². The highest BCUT2D eigenvalue weighted by Gasteiger charge is 2.50. The van der Waals surface area contributed by atoms with Crippen molar-refractivity contribution in [2.45, 2.75) is 57.6 Å². The maximum atomic E-state index is 14.7. The molecule has 16 heteroatoms. The molecule has 0 spiro atoms. The maximum absolute atomic E-state index is 14.7. The number of ether oxygens (including phenoxy) is 1. The molecule has 52 heavy (non-hydrogen) atoms. The molecule has 6 rings (SSSR count). The van der Waals surface area contributed by atoms with Crippen molar-refractivity contribution in [2.75, 3.05) is 19.7 Å². The number of halogens is 4. The Hall–Kier alpha value is -4.14. The van der Waals surface area contributed by atoms with E-state index >= 15 is 0 Å². The molecule has 3 amide bonds. The summed E-state index contributed by atoms with van der Waals surface area (Å²) in [6, 6.07) is 12.7. The van der Waals surface area contributed by atoms with Crippen LogP contribution in [0.5, 0.6) is 0 Å². The minimum Gasteiger partial charge on any atom is -0.370 e. The quantitative estimate of drug-likeness (QED) is 0.153. The molecule has 4 aromatic rings. The number of hydrogen-bond donors (Lipinski definition) is 3. The lowest BCUT2D eigenvalue weighted by Gasteiger charge is -2.43. The molecule has 2 aliphatic rings. The molecule has 0 aliphatic carbocycles. The van der Waals surface area contributed by atoms with E-state index in [4.69, 9.17) is 14.5 Å². The summed E-state index contributed by atoms with van der Waals surface area (Å²) < 4.78 is 74.7. The number of carbonyl (C=O) groups is 3. The van der Waals surface area contributed by atoms with Crippen LogP contribution in [-0.4, -0.2) is 69.1 Å². The summed E-state index contributed by atoms with van der Waals surface area (Å²) in [4.78, 5) is 63.9. The molecule has 3 atom stereocenters. The van der Waals surface area contributed by atoms with Gasteiger partial charge < -0.3 is 29.6 Å². The van der Waals surface area contributed by atoms with Gasteiger partial charge in [0.1, 0.15) is 29.8 Å². The minimum atomic E-state index is -5.82. The lowest BCUT2D eigenvalue weighted by Crippen LogP contribution is -2.61. The number of thiophene rings is 1. The van der Waals surface area contributed by atoms with Crippen LogP contribution in [0.15, 0.2) is 66.7 Å². The second-order valence-corrected chi connectivity index (χ2v) is 16.7.